The van der Waals surface area contributed by atoms with Crippen molar-refractivity contribution in [2.45, 2.75) is 27.7 Å². The highest BCUT2D eigenvalue weighted by Gasteiger charge is 1.99. The predicted octanol–water partition coefficient (Wildman–Crippen LogP) is 4.87. The zero-order valence-corrected chi connectivity index (χ0v) is 11.5. The van der Waals surface area contributed by atoms with E-state index in [0.717, 1.165) is 5.56 Å². The topological polar surface area (TPSA) is 23.8 Å². The lowest BCUT2D eigenvalue weighted by atomic mass is 10.00. The number of benzene rings is 2. The SMILES string of the molecule is CC.Cc1ccc(-c2ccc(C#N)cc2)cc1C. The molecular weight excluding hydrogens is 218 g/mol. The first-order valence-electron chi connectivity index (χ1n) is 6.28. The molecule has 18 heavy (non-hydrogen) atoms. The van der Waals surface area contributed by atoms with Crippen LogP contribution >= 0.6 is 0 Å². The molecule has 0 aromatic heterocycles. The monoisotopic (exact) mass is 237 g/mol. The molecule has 0 aliphatic carbocycles. The number of nitrogens with zero attached hydrogens (tertiary/aromatic N) is 1. The van der Waals surface area contributed by atoms with Gasteiger partial charge in [0.2, 0.25) is 0 Å². The molecule has 2 aromatic carbocycles. The Labute approximate surface area is 110 Å². The molecular formula is C17H19N. The van der Waals surface area contributed by atoms with Crippen molar-refractivity contribution in [3.8, 4) is 17.2 Å². The van der Waals surface area contributed by atoms with E-state index >= 15 is 0 Å². The van der Waals surface area contributed by atoms with Gasteiger partial charge in [-0.15, -0.1) is 0 Å². The third-order valence-corrected chi connectivity index (χ3v) is 2.85. The van der Waals surface area contributed by atoms with Crippen LogP contribution < -0.4 is 0 Å². The number of hydrogen-bond acceptors (Lipinski definition) is 1. The molecule has 2 aromatic rings. The molecule has 0 heterocycles. The zero-order chi connectivity index (χ0) is 13.5. The second-order valence-electron chi connectivity index (χ2n) is 3.99. The van der Waals surface area contributed by atoms with E-state index in [1.807, 2.05) is 38.1 Å². The average Bonchev–Trinajstić information content (AvgIpc) is 2.44. The van der Waals surface area contributed by atoms with Crippen molar-refractivity contribution in [3.63, 3.8) is 0 Å². The van der Waals surface area contributed by atoms with Gasteiger partial charge in [0, 0.05) is 0 Å². The summed E-state index contributed by atoms with van der Waals surface area (Å²) in [5.41, 5.74) is 5.65. The van der Waals surface area contributed by atoms with Crippen LogP contribution in [0.4, 0.5) is 0 Å². The van der Waals surface area contributed by atoms with Crippen LogP contribution in [-0.2, 0) is 0 Å². The van der Waals surface area contributed by atoms with Crippen LogP contribution in [-0.4, -0.2) is 0 Å². The Morgan fingerprint density at radius 2 is 1.33 bits per heavy atom. The first-order valence-corrected chi connectivity index (χ1v) is 6.28. The summed E-state index contributed by atoms with van der Waals surface area (Å²) in [7, 11) is 0. The number of nitriles is 1. The maximum absolute atomic E-state index is 8.73. The van der Waals surface area contributed by atoms with E-state index in [0.29, 0.717) is 5.56 Å². The largest absolute Gasteiger partial charge is 0.192 e. The van der Waals surface area contributed by atoms with E-state index in [2.05, 4.69) is 38.1 Å². The molecule has 0 spiro atoms. The maximum Gasteiger partial charge on any atom is 0.0991 e. The minimum absolute atomic E-state index is 0.701. The number of aryl methyl sites for hydroxylation is 2. The molecule has 0 saturated carbocycles. The van der Waals surface area contributed by atoms with Gasteiger partial charge in [0.1, 0.15) is 0 Å². The third-order valence-electron chi connectivity index (χ3n) is 2.85. The lowest BCUT2D eigenvalue weighted by molar-refractivity contribution is 1.34. The van der Waals surface area contributed by atoms with Crippen molar-refractivity contribution < 1.29 is 0 Å². The first kappa shape index (κ1) is 14.0. The summed E-state index contributed by atoms with van der Waals surface area (Å²) in [4.78, 5) is 0. The fraction of sp³-hybridized carbons (Fsp3) is 0.235. The van der Waals surface area contributed by atoms with E-state index in [-0.39, 0.29) is 0 Å². The Hall–Kier alpha value is -2.07. The third kappa shape index (κ3) is 3.21. The van der Waals surface area contributed by atoms with Gasteiger partial charge in [-0.3, -0.25) is 0 Å². The summed E-state index contributed by atoms with van der Waals surface area (Å²) in [5.74, 6) is 0. The maximum atomic E-state index is 8.73. The van der Waals surface area contributed by atoms with E-state index in [9.17, 15) is 0 Å². The van der Waals surface area contributed by atoms with Crippen molar-refractivity contribution in [3.05, 3.63) is 59.2 Å². The second-order valence-corrected chi connectivity index (χ2v) is 3.99. The molecule has 1 nitrogen and oxygen atoms in total. The highest BCUT2D eigenvalue weighted by Crippen LogP contribution is 2.22. The minimum Gasteiger partial charge on any atom is -0.192 e. The summed E-state index contributed by atoms with van der Waals surface area (Å²) in [5, 5.41) is 8.73. The Balaban J connectivity index is 0.000000771. The van der Waals surface area contributed by atoms with Crippen molar-refractivity contribution in [1.29, 1.82) is 5.26 Å². The highest BCUT2D eigenvalue weighted by atomic mass is 14.2. The molecule has 0 N–H and O–H groups in total. The molecule has 0 bridgehead atoms. The Morgan fingerprint density at radius 3 is 1.83 bits per heavy atom. The van der Waals surface area contributed by atoms with Crippen LogP contribution in [0.1, 0.15) is 30.5 Å². The van der Waals surface area contributed by atoms with Crippen molar-refractivity contribution in [1.82, 2.24) is 0 Å². The average molecular weight is 237 g/mol. The molecule has 0 radical (unpaired) electrons. The second kappa shape index (κ2) is 6.61. The van der Waals surface area contributed by atoms with Gasteiger partial charge in [-0.05, 0) is 48.2 Å². The van der Waals surface area contributed by atoms with E-state index in [4.69, 9.17) is 5.26 Å². The van der Waals surface area contributed by atoms with Crippen molar-refractivity contribution >= 4 is 0 Å². The van der Waals surface area contributed by atoms with Gasteiger partial charge in [0.05, 0.1) is 11.6 Å². The molecule has 0 amide bonds. The molecule has 0 aliphatic rings. The van der Waals surface area contributed by atoms with Crippen LogP contribution in [0.5, 0.6) is 0 Å². The van der Waals surface area contributed by atoms with Crippen LogP contribution in [0.25, 0.3) is 11.1 Å². The Bertz CT molecular complexity index is 545. The molecule has 1 heteroatoms. The summed E-state index contributed by atoms with van der Waals surface area (Å²) in [6.07, 6.45) is 0. The van der Waals surface area contributed by atoms with Gasteiger partial charge in [-0.2, -0.15) is 5.26 Å². The molecule has 0 saturated heterocycles. The highest BCUT2D eigenvalue weighted by molar-refractivity contribution is 5.65. The summed E-state index contributed by atoms with van der Waals surface area (Å²) >= 11 is 0. The lowest BCUT2D eigenvalue weighted by Gasteiger charge is -2.05. The molecule has 92 valence electrons. The zero-order valence-electron chi connectivity index (χ0n) is 11.5. The fourth-order valence-corrected chi connectivity index (χ4v) is 1.66. The molecule has 2 rings (SSSR count). The van der Waals surface area contributed by atoms with E-state index in [1.54, 1.807) is 0 Å². The van der Waals surface area contributed by atoms with Crippen LogP contribution in [0.15, 0.2) is 42.5 Å². The minimum atomic E-state index is 0.701. The molecule has 0 unspecified atom stereocenters. The predicted molar refractivity (Wildman–Crippen MR) is 77.4 cm³/mol. The normalized spacial score (nSPS) is 9.06. The standard InChI is InChI=1S/C15H13N.C2H6/c1-11-3-6-15(9-12(11)2)14-7-4-13(10-16)5-8-14;1-2/h3-9H,1-2H3;1-2H3. The van der Waals surface area contributed by atoms with Crippen LogP contribution in [0.3, 0.4) is 0 Å². The molecule has 0 aliphatic heterocycles. The van der Waals surface area contributed by atoms with Gasteiger partial charge in [-0.25, -0.2) is 0 Å². The van der Waals surface area contributed by atoms with Crippen molar-refractivity contribution in [2.75, 3.05) is 0 Å². The Morgan fingerprint density at radius 1 is 0.778 bits per heavy atom. The number of rotatable bonds is 1. The quantitative estimate of drug-likeness (QED) is 0.694. The van der Waals surface area contributed by atoms with E-state index in [1.165, 1.54) is 16.7 Å². The van der Waals surface area contributed by atoms with Gasteiger partial charge in [-0.1, -0.05) is 44.2 Å². The summed E-state index contributed by atoms with van der Waals surface area (Å²) in [6, 6.07) is 16.2. The van der Waals surface area contributed by atoms with Gasteiger partial charge in [0.15, 0.2) is 0 Å². The van der Waals surface area contributed by atoms with Gasteiger partial charge >= 0.3 is 0 Å². The summed E-state index contributed by atoms with van der Waals surface area (Å²) < 4.78 is 0. The van der Waals surface area contributed by atoms with Gasteiger partial charge < -0.3 is 0 Å². The molecule has 0 atom stereocenters. The first-order chi connectivity index (χ1) is 8.70. The smallest absolute Gasteiger partial charge is 0.0991 e. The number of hydrogen-bond donors (Lipinski definition) is 0. The van der Waals surface area contributed by atoms with Crippen molar-refractivity contribution in [2.24, 2.45) is 0 Å². The molecule has 0 fully saturated rings. The van der Waals surface area contributed by atoms with Crippen LogP contribution in [0.2, 0.25) is 0 Å². The summed E-state index contributed by atoms with van der Waals surface area (Å²) in [6.45, 7) is 8.22. The van der Waals surface area contributed by atoms with E-state index < -0.39 is 0 Å². The Kier molecular flexibility index (Phi) is 5.14. The fourth-order valence-electron chi connectivity index (χ4n) is 1.66. The van der Waals surface area contributed by atoms with Crippen LogP contribution in [0, 0.1) is 25.2 Å². The lowest BCUT2D eigenvalue weighted by Crippen LogP contribution is -1.83. The van der Waals surface area contributed by atoms with Gasteiger partial charge in [0.25, 0.3) is 0 Å².